The lowest BCUT2D eigenvalue weighted by atomic mass is 10.1. The van der Waals surface area contributed by atoms with Crippen molar-refractivity contribution in [2.24, 2.45) is 0 Å². The Bertz CT molecular complexity index is 1160. The highest BCUT2D eigenvalue weighted by Gasteiger charge is 2.14. The number of amides is 1. The molecule has 0 radical (unpaired) electrons. The second-order valence-corrected chi connectivity index (χ2v) is 6.86. The van der Waals surface area contributed by atoms with E-state index in [1.54, 1.807) is 23.1 Å². The number of carbonyl (C=O) groups is 1. The molecular weight excluding hydrogens is 392 g/mol. The Morgan fingerprint density at radius 1 is 1.10 bits per heavy atom. The normalized spacial score (nSPS) is 10.6. The fraction of sp³-hybridized carbons (Fsp3) is 0.125. The molecule has 1 N–H and O–H groups in total. The summed E-state index contributed by atoms with van der Waals surface area (Å²) >= 11 is 0. The standard InChI is InChI=1S/C24H22N4O3/c1-2-8-19-11-6-7-12-21(19)30-16-20-13-14-22(31-20)23(29)26-24-25-17-28(27-24)15-18-9-4-3-5-10-18/h2-7,9-14,17H,1,8,15-16H2,(H,26,27,29). The van der Waals surface area contributed by atoms with Gasteiger partial charge < -0.3 is 9.15 Å². The van der Waals surface area contributed by atoms with Crippen molar-refractivity contribution in [3.05, 3.63) is 108 Å². The molecule has 0 fully saturated rings. The fourth-order valence-corrected chi connectivity index (χ4v) is 3.06. The van der Waals surface area contributed by atoms with E-state index in [1.807, 2.05) is 60.7 Å². The van der Waals surface area contributed by atoms with Crippen LogP contribution in [0.4, 0.5) is 5.95 Å². The molecule has 31 heavy (non-hydrogen) atoms. The molecule has 4 aromatic rings. The number of hydrogen-bond acceptors (Lipinski definition) is 5. The average Bonchev–Trinajstić information content (AvgIpc) is 3.44. The van der Waals surface area contributed by atoms with Crippen LogP contribution in [-0.4, -0.2) is 20.7 Å². The number of anilines is 1. The summed E-state index contributed by atoms with van der Waals surface area (Å²) in [5, 5.41) is 6.93. The summed E-state index contributed by atoms with van der Waals surface area (Å²) in [5.41, 5.74) is 2.13. The molecule has 0 spiro atoms. The molecule has 0 bridgehead atoms. The lowest BCUT2D eigenvalue weighted by molar-refractivity contribution is 0.0991. The summed E-state index contributed by atoms with van der Waals surface area (Å²) in [4.78, 5) is 16.6. The first-order valence-corrected chi connectivity index (χ1v) is 9.86. The van der Waals surface area contributed by atoms with Gasteiger partial charge in [-0.05, 0) is 35.7 Å². The second kappa shape index (κ2) is 9.58. The van der Waals surface area contributed by atoms with Crippen molar-refractivity contribution in [1.29, 1.82) is 0 Å². The molecule has 0 saturated heterocycles. The van der Waals surface area contributed by atoms with Gasteiger partial charge in [0.25, 0.3) is 5.91 Å². The third kappa shape index (κ3) is 5.27. The first kappa shape index (κ1) is 20.2. The minimum Gasteiger partial charge on any atom is -0.485 e. The first-order valence-electron chi connectivity index (χ1n) is 9.86. The van der Waals surface area contributed by atoms with Gasteiger partial charge in [-0.1, -0.05) is 54.6 Å². The minimum atomic E-state index is -0.421. The van der Waals surface area contributed by atoms with Gasteiger partial charge >= 0.3 is 0 Å². The highest BCUT2D eigenvalue weighted by Crippen LogP contribution is 2.21. The molecule has 2 heterocycles. The topological polar surface area (TPSA) is 82.2 Å². The van der Waals surface area contributed by atoms with Gasteiger partial charge in [-0.25, -0.2) is 9.67 Å². The summed E-state index contributed by atoms with van der Waals surface area (Å²) in [6.07, 6.45) is 4.11. The van der Waals surface area contributed by atoms with Crippen LogP contribution in [-0.2, 0) is 19.6 Å². The number of hydrogen-bond donors (Lipinski definition) is 1. The Hall–Kier alpha value is -4.13. The van der Waals surface area contributed by atoms with E-state index in [-0.39, 0.29) is 18.3 Å². The predicted molar refractivity (Wildman–Crippen MR) is 117 cm³/mol. The summed E-state index contributed by atoms with van der Waals surface area (Å²) < 4.78 is 13.1. The van der Waals surface area contributed by atoms with Crippen LogP contribution in [0.1, 0.15) is 27.4 Å². The zero-order chi connectivity index (χ0) is 21.5. The van der Waals surface area contributed by atoms with Crippen molar-refractivity contribution in [3.63, 3.8) is 0 Å². The molecule has 0 saturated carbocycles. The van der Waals surface area contributed by atoms with Gasteiger partial charge in [-0.15, -0.1) is 11.7 Å². The van der Waals surface area contributed by atoms with E-state index >= 15 is 0 Å². The highest BCUT2D eigenvalue weighted by atomic mass is 16.5. The molecule has 2 aromatic heterocycles. The Kier molecular flexibility index (Phi) is 6.23. The van der Waals surface area contributed by atoms with Gasteiger partial charge in [-0.2, -0.15) is 0 Å². The predicted octanol–water partition coefficient (Wildman–Crippen LogP) is 4.48. The van der Waals surface area contributed by atoms with E-state index in [4.69, 9.17) is 9.15 Å². The van der Waals surface area contributed by atoms with Crippen molar-refractivity contribution in [1.82, 2.24) is 14.8 Å². The fourth-order valence-electron chi connectivity index (χ4n) is 3.06. The van der Waals surface area contributed by atoms with Crippen LogP contribution in [0.2, 0.25) is 0 Å². The number of nitrogens with one attached hydrogen (secondary N) is 1. The first-order chi connectivity index (χ1) is 15.2. The van der Waals surface area contributed by atoms with Gasteiger partial charge in [0, 0.05) is 0 Å². The molecule has 2 aromatic carbocycles. The lowest BCUT2D eigenvalue weighted by Gasteiger charge is -2.08. The maximum Gasteiger partial charge on any atom is 0.293 e. The molecule has 0 aliphatic carbocycles. The van der Waals surface area contributed by atoms with Crippen LogP contribution in [0.5, 0.6) is 5.75 Å². The Balaban J connectivity index is 1.34. The molecule has 7 heteroatoms. The van der Waals surface area contributed by atoms with E-state index in [1.165, 1.54) is 0 Å². The molecule has 0 aliphatic rings. The van der Waals surface area contributed by atoms with Crippen molar-refractivity contribution in [2.75, 3.05) is 5.32 Å². The number of aromatic nitrogens is 3. The summed E-state index contributed by atoms with van der Waals surface area (Å²) in [5.74, 6) is 1.26. The van der Waals surface area contributed by atoms with Crippen molar-refractivity contribution < 1.29 is 13.9 Å². The number of benzene rings is 2. The summed E-state index contributed by atoms with van der Waals surface area (Å²) in [7, 11) is 0. The SMILES string of the molecule is C=CCc1ccccc1OCc1ccc(C(=O)Nc2ncn(Cc3ccccc3)n2)o1. The maximum absolute atomic E-state index is 12.5. The van der Waals surface area contributed by atoms with Crippen LogP contribution in [0.3, 0.4) is 0 Å². The summed E-state index contributed by atoms with van der Waals surface area (Å²) in [6, 6.07) is 21.0. The van der Waals surface area contributed by atoms with Gasteiger partial charge in [0.1, 0.15) is 24.4 Å². The minimum absolute atomic E-state index is 0.164. The Morgan fingerprint density at radius 2 is 1.90 bits per heavy atom. The largest absolute Gasteiger partial charge is 0.485 e. The van der Waals surface area contributed by atoms with Crippen LogP contribution in [0.25, 0.3) is 0 Å². The Labute approximate surface area is 180 Å². The third-order valence-corrected chi connectivity index (χ3v) is 4.54. The molecule has 1 amide bonds. The van der Waals surface area contributed by atoms with Crippen molar-refractivity contribution >= 4 is 11.9 Å². The number of furan rings is 1. The number of allylic oxidation sites excluding steroid dienone is 1. The quantitative estimate of drug-likeness (QED) is 0.408. The summed E-state index contributed by atoms with van der Waals surface area (Å²) in [6.45, 7) is 4.55. The average molecular weight is 414 g/mol. The van der Waals surface area contributed by atoms with E-state index in [9.17, 15) is 4.79 Å². The van der Waals surface area contributed by atoms with Gasteiger partial charge in [0.15, 0.2) is 5.76 Å². The van der Waals surface area contributed by atoms with Crippen LogP contribution < -0.4 is 10.1 Å². The molecule has 156 valence electrons. The van der Waals surface area contributed by atoms with Crippen molar-refractivity contribution in [3.8, 4) is 5.75 Å². The van der Waals surface area contributed by atoms with Gasteiger partial charge in [0.2, 0.25) is 5.95 Å². The molecule has 7 nitrogen and oxygen atoms in total. The highest BCUT2D eigenvalue weighted by molar-refractivity contribution is 6.01. The monoisotopic (exact) mass is 414 g/mol. The molecule has 0 atom stereocenters. The number of nitrogens with zero attached hydrogens (tertiary/aromatic N) is 3. The van der Waals surface area contributed by atoms with Crippen LogP contribution in [0, 0.1) is 0 Å². The number of ether oxygens (including phenoxy) is 1. The van der Waals surface area contributed by atoms with Gasteiger partial charge in [0.05, 0.1) is 6.54 Å². The van der Waals surface area contributed by atoms with Crippen LogP contribution >= 0.6 is 0 Å². The van der Waals surface area contributed by atoms with Crippen molar-refractivity contribution in [2.45, 2.75) is 19.6 Å². The van der Waals surface area contributed by atoms with E-state index in [0.29, 0.717) is 18.7 Å². The number of rotatable bonds is 9. The van der Waals surface area contributed by atoms with E-state index in [0.717, 1.165) is 16.9 Å². The number of carbonyl (C=O) groups excluding carboxylic acids is 1. The van der Waals surface area contributed by atoms with E-state index in [2.05, 4.69) is 22.0 Å². The zero-order valence-corrected chi connectivity index (χ0v) is 16.9. The third-order valence-electron chi connectivity index (χ3n) is 4.54. The molecular formula is C24H22N4O3. The van der Waals surface area contributed by atoms with Gasteiger partial charge in [-0.3, -0.25) is 10.1 Å². The Morgan fingerprint density at radius 3 is 2.74 bits per heavy atom. The molecule has 0 unspecified atom stereocenters. The second-order valence-electron chi connectivity index (χ2n) is 6.86. The number of para-hydroxylation sites is 1. The maximum atomic E-state index is 12.5. The van der Waals surface area contributed by atoms with Crippen LogP contribution in [0.15, 0.2) is 90.1 Å². The lowest BCUT2D eigenvalue weighted by Crippen LogP contribution is -2.12. The zero-order valence-electron chi connectivity index (χ0n) is 16.9. The van der Waals surface area contributed by atoms with E-state index < -0.39 is 5.91 Å². The molecule has 4 rings (SSSR count). The smallest absolute Gasteiger partial charge is 0.293 e. The molecule has 0 aliphatic heterocycles.